The van der Waals surface area contributed by atoms with Crippen LogP contribution in [-0.2, 0) is 0 Å². The monoisotopic (exact) mass is 312 g/mol. The third-order valence-corrected chi connectivity index (χ3v) is 3.89. The van der Waals surface area contributed by atoms with Crippen molar-refractivity contribution in [2.45, 2.75) is 12.5 Å². The number of ether oxygens (including phenoxy) is 2. The Balaban J connectivity index is 1.98. The van der Waals surface area contributed by atoms with E-state index in [2.05, 4.69) is 10.1 Å². The molecule has 0 saturated heterocycles. The van der Waals surface area contributed by atoms with Crippen LogP contribution in [0.4, 0.5) is 5.82 Å². The molecule has 0 radical (unpaired) electrons. The number of pyridine rings is 1. The Bertz CT molecular complexity index is 703. The van der Waals surface area contributed by atoms with Crippen LogP contribution in [0, 0.1) is 0 Å². The van der Waals surface area contributed by atoms with Crippen LogP contribution in [0.2, 0.25) is 0 Å². The van der Waals surface area contributed by atoms with Gasteiger partial charge in [0.15, 0.2) is 11.5 Å². The van der Waals surface area contributed by atoms with Crippen molar-refractivity contribution in [1.29, 1.82) is 0 Å². The lowest BCUT2D eigenvalue weighted by Crippen LogP contribution is -2.19. The van der Waals surface area contributed by atoms with Crippen LogP contribution in [0.25, 0.3) is 0 Å². The van der Waals surface area contributed by atoms with Gasteiger partial charge in [-0.3, -0.25) is 0 Å². The Morgan fingerprint density at radius 3 is 2.65 bits per heavy atom. The zero-order valence-corrected chi connectivity index (χ0v) is 13.3. The molecule has 2 aromatic rings. The third kappa shape index (κ3) is 2.98. The summed E-state index contributed by atoms with van der Waals surface area (Å²) >= 11 is 0. The van der Waals surface area contributed by atoms with Gasteiger partial charge in [-0.15, -0.1) is 0 Å². The summed E-state index contributed by atoms with van der Waals surface area (Å²) in [7, 11) is 3.26. The molecule has 2 heterocycles. The molecule has 2 N–H and O–H groups in total. The maximum Gasteiger partial charge on any atom is 0.161 e. The highest BCUT2D eigenvalue weighted by atomic mass is 16.5. The lowest BCUT2D eigenvalue weighted by Gasteiger charge is -2.23. The molecule has 1 aromatic carbocycles. The highest BCUT2D eigenvalue weighted by Gasteiger charge is 2.29. The minimum atomic E-state index is 0.0447. The van der Waals surface area contributed by atoms with Crippen LogP contribution < -0.4 is 20.2 Å². The van der Waals surface area contributed by atoms with E-state index in [9.17, 15) is 0 Å². The normalized spacial score (nSPS) is 17.1. The fraction of sp³-hybridized carbons (Fsp3) is 0.294. The zero-order valence-electron chi connectivity index (χ0n) is 13.3. The van der Waals surface area contributed by atoms with Gasteiger partial charge in [-0.05, 0) is 29.8 Å². The van der Waals surface area contributed by atoms with E-state index in [1.807, 2.05) is 41.4 Å². The molecule has 0 amide bonds. The first-order valence-corrected chi connectivity index (χ1v) is 7.45. The second kappa shape index (κ2) is 6.66. The molecule has 1 aliphatic rings. The third-order valence-electron chi connectivity index (χ3n) is 3.89. The molecule has 0 bridgehead atoms. The average Bonchev–Trinajstić information content (AvgIpc) is 3.06. The summed E-state index contributed by atoms with van der Waals surface area (Å²) in [5.41, 5.74) is 7.83. The van der Waals surface area contributed by atoms with Gasteiger partial charge in [0.25, 0.3) is 0 Å². The molecule has 0 saturated carbocycles. The molecular weight excluding hydrogens is 292 g/mol. The van der Waals surface area contributed by atoms with Crippen LogP contribution in [0.1, 0.15) is 18.0 Å². The molecule has 23 heavy (non-hydrogen) atoms. The van der Waals surface area contributed by atoms with Crippen LogP contribution in [-0.4, -0.2) is 31.5 Å². The Kier molecular flexibility index (Phi) is 4.43. The van der Waals surface area contributed by atoms with E-state index in [-0.39, 0.29) is 6.04 Å². The molecule has 1 aliphatic heterocycles. The Hall–Kier alpha value is -2.60. The van der Waals surface area contributed by atoms with E-state index in [0.717, 1.165) is 23.5 Å². The van der Waals surface area contributed by atoms with E-state index >= 15 is 0 Å². The van der Waals surface area contributed by atoms with Crippen molar-refractivity contribution < 1.29 is 9.47 Å². The van der Waals surface area contributed by atoms with Gasteiger partial charge in [0.05, 0.1) is 26.0 Å². The van der Waals surface area contributed by atoms with Crippen molar-refractivity contribution >= 4 is 11.5 Å². The number of benzene rings is 1. The highest BCUT2D eigenvalue weighted by molar-refractivity contribution is 5.90. The van der Waals surface area contributed by atoms with Gasteiger partial charge < -0.3 is 15.2 Å². The lowest BCUT2D eigenvalue weighted by atomic mass is 10.0. The summed E-state index contributed by atoms with van der Waals surface area (Å²) in [6, 6.07) is 11.7. The second-order valence-electron chi connectivity index (χ2n) is 5.24. The first-order chi connectivity index (χ1) is 11.3. The van der Waals surface area contributed by atoms with Crippen LogP contribution >= 0.6 is 0 Å². The molecule has 6 heteroatoms. The lowest BCUT2D eigenvalue weighted by molar-refractivity contribution is 0.354. The number of methoxy groups -OCH3 is 2. The maximum atomic E-state index is 5.79. The van der Waals surface area contributed by atoms with Crippen LogP contribution in [0.5, 0.6) is 11.5 Å². The van der Waals surface area contributed by atoms with E-state index in [0.29, 0.717) is 18.0 Å². The predicted molar refractivity (Wildman–Crippen MR) is 90.1 cm³/mol. The molecule has 0 fully saturated rings. The number of rotatable bonds is 5. The highest BCUT2D eigenvalue weighted by Crippen LogP contribution is 2.37. The van der Waals surface area contributed by atoms with E-state index in [4.69, 9.17) is 15.2 Å². The van der Waals surface area contributed by atoms with Gasteiger partial charge in [-0.25, -0.2) is 9.99 Å². The quantitative estimate of drug-likeness (QED) is 0.917. The number of hydrogen-bond acceptors (Lipinski definition) is 6. The van der Waals surface area contributed by atoms with Crippen molar-refractivity contribution in [2.24, 2.45) is 10.8 Å². The van der Waals surface area contributed by atoms with Gasteiger partial charge in [0.1, 0.15) is 5.82 Å². The predicted octanol–water partition coefficient (Wildman–Crippen LogP) is 2.36. The topological polar surface area (TPSA) is 73.0 Å². The molecule has 0 aliphatic carbocycles. The summed E-state index contributed by atoms with van der Waals surface area (Å²) in [4.78, 5) is 4.40. The largest absolute Gasteiger partial charge is 0.493 e. The Morgan fingerprint density at radius 2 is 2.00 bits per heavy atom. The van der Waals surface area contributed by atoms with Crippen LogP contribution in [0.3, 0.4) is 0 Å². The number of hydrazone groups is 1. The van der Waals surface area contributed by atoms with Crippen molar-refractivity contribution in [2.75, 3.05) is 25.8 Å². The van der Waals surface area contributed by atoms with E-state index in [1.165, 1.54) is 0 Å². The molecule has 120 valence electrons. The summed E-state index contributed by atoms with van der Waals surface area (Å²) in [6.07, 6.45) is 2.53. The SMILES string of the molecule is COc1ccc(C2CC(CN)=NN2c2ccccn2)cc1OC. The van der Waals surface area contributed by atoms with Crippen molar-refractivity contribution in [1.82, 2.24) is 4.98 Å². The van der Waals surface area contributed by atoms with Crippen molar-refractivity contribution in [3.05, 3.63) is 48.2 Å². The second-order valence-corrected chi connectivity index (χ2v) is 5.24. The van der Waals surface area contributed by atoms with Crippen molar-refractivity contribution in [3.63, 3.8) is 0 Å². The molecular formula is C17H20N4O2. The van der Waals surface area contributed by atoms with Gasteiger partial charge in [-0.1, -0.05) is 12.1 Å². The summed E-state index contributed by atoms with van der Waals surface area (Å²) < 4.78 is 10.7. The number of hydrogen-bond donors (Lipinski definition) is 1. The number of aromatic nitrogens is 1. The zero-order chi connectivity index (χ0) is 16.2. The van der Waals surface area contributed by atoms with Gasteiger partial charge in [0, 0.05) is 19.2 Å². The number of nitrogens with zero attached hydrogens (tertiary/aromatic N) is 3. The number of nitrogens with two attached hydrogens (primary N) is 1. The minimum Gasteiger partial charge on any atom is -0.493 e. The molecule has 1 unspecified atom stereocenters. The smallest absolute Gasteiger partial charge is 0.161 e. The first-order valence-electron chi connectivity index (χ1n) is 7.45. The summed E-state index contributed by atoms with van der Waals surface area (Å²) in [6.45, 7) is 0.438. The number of anilines is 1. The first kappa shape index (κ1) is 15.3. The fourth-order valence-electron chi connectivity index (χ4n) is 2.72. The molecule has 1 atom stereocenters. The summed E-state index contributed by atoms with van der Waals surface area (Å²) in [5.74, 6) is 2.21. The average molecular weight is 312 g/mol. The van der Waals surface area contributed by atoms with Crippen molar-refractivity contribution in [3.8, 4) is 11.5 Å². The van der Waals surface area contributed by atoms with Gasteiger partial charge in [0.2, 0.25) is 0 Å². The van der Waals surface area contributed by atoms with E-state index < -0.39 is 0 Å². The van der Waals surface area contributed by atoms with E-state index in [1.54, 1.807) is 20.4 Å². The molecule has 0 spiro atoms. The Morgan fingerprint density at radius 1 is 1.17 bits per heavy atom. The van der Waals surface area contributed by atoms with Crippen LogP contribution in [0.15, 0.2) is 47.7 Å². The maximum absolute atomic E-state index is 5.79. The summed E-state index contributed by atoms with van der Waals surface area (Å²) in [5, 5.41) is 6.54. The van der Waals surface area contributed by atoms with Gasteiger partial charge >= 0.3 is 0 Å². The molecule has 6 nitrogen and oxygen atoms in total. The standard InChI is InChI=1S/C17H20N4O2/c1-22-15-7-6-12(9-16(15)23-2)14-10-13(11-18)20-21(14)17-5-3-4-8-19-17/h3-9,14H,10-11,18H2,1-2H3. The molecule has 3 rings (SSSR count). The van der Waals surface area contributed by atoms with Gasteiger partial charge in [-0.2, -0.15) is 5.10 Å². The Labute approximate surface area is 135 Å². The molecule has 1 aromatic heterocycles. The minimum absolute atomic E-state index is 0.0447. The fourth-order valence-corrected chi connectivity index (χ4v) is 2.72.